The molecule has 1 unspecified atom stereocenters. The number of benzene rings is 3. The Kier molecular flexibility index (Phi) is 9.20. The van der Waals surface area contributed by atoms with E-state index in [2.05, 4.69) is 47.0 Å². The number of rotatable bonds is 11. The highest BCUT2D eigenvalue weighted by Crippen LogP contribution is 2.53. The quantitative estimate of drug-likeness (QED) is 0.269. The minimum atomic E-state index is -3.14. The molecule has 5 fully saturated rings. The summed E-state index contributed by atoms with van der Waals surface area (Å²) in [5.74, 6) is -0.270. The van der Waals surface area contributed by atoms with Crippen LogP contribution in [-0.4, -0.2) is 98.6 Å². The topological polar surface area (TPSA) is 161 Å². The second-order valence-electron chi connectivity index (χ2n) is 16.6. The highest BCUT2D eigenvalue weighted by molar-refractivity contribution is 7.88. The van der Waals surface area contributed by atoms with Crippen LogP contribution in [-0.2, 0) is 29.8 Å². The summed E-state index contributed by atoms with van der Waals surface area (Å²) in [6, 6.07) is 21.2. The lowest BCUT2D eigenvalue weighted by Crippen LogP contribution is -2.54. The molecule has 2 saturated carbocycles. The molecule has 6 aliphatic rings. The minimum absolute atomic E-state index is 0.0306. The van der Waals surface area contributed by atoms with Gasteiger partial charge in [0.25, 0.3) is 11.8 Å². The number of anilines is 1. The van der Waals surface area contributed by atoms with Crippen molar-refractivity contribution in [2.24, 2.45) is 11.3 Å². The lowest BCUT2D eigenvalue weighted by molar-refractivity contribution is -0.136. The number of fused-ring (bicyclic) bond motifs is 1. The molecule has 0 bridgehead atoms. The molecule has 4 amide bonds. The van der Waals surface area contributed by atoms with Crippen molar-refractivity contribution in [3.63, 3.8) is 0 Å². The van der Waals surface area contributed by atoms with Crippen LogP contribution in [0.5, 0.6) is 11.5 Å². The number of carbonyl (C=O) groups is 4. The Morgan fingerprint density at radius 3 is 2.09 bits per heavy atom. The Hall–Kier alpha value is -4.79. The Bertz CT molecular complexity index is 2170. The lowest BCUT2D eigenvalue weighted by Gasteiger charge is -2.51. The molecule has 14 heteroatoms. The standard InChI is InChI=1S/C42H46N4O9S/c1-56(51,52)45-21-26(22-45)23-54-31-7-2-27(3-8-31)42(16-14-41(15-17-42)24-53-25-41)28-4-9-32(10-5-28)55-33-18-30(19-33)43-29-6-11-34-35(20-29)40(50)46(39(34)49)36-12-13-37(47)44-38(36)48/h2-11,20,26,30,33,36,43H,12-19,21-25H2,1H3,(H,44,47,48). The van der Waals surface area contributed by atoms with Crippen molar-refractivity contribution in [1.82, 2.24) is 14.5 Å². The molecular weight excluding hydrogens is 737 g/mol. The third-order valence-electron chi connectivity index (χ3n) is 12.9. The third kappa shape index (κ3) is 6.75. The predicted molar refractivity (Wildman–Crippen MR) is 205 cm³/mol. The van der Waals surface area contributed by atoms with Crippen molar-refractivity contribution in [2.45, 2.75) is 75.0 Å². The van der Waals surface area contributed by atoms with Crippen LogP contribution in [0.4, 0.5) is 5.69 Å². The second-order valence-corrected chi connectivity index (χ2v) is 18.6. The van der Waals surface area contributed by atoms with Crippen molar-refractivity contribution in [1.29, 1.82) is 0 Å². The van der Waals surface area contributed by atoms with Crippen LogP contribution in [0.2, 0.25) is 0 Å². The highest BCUT2D eigenvalue weighted by Gasteiger charge is 2.49. The summed E-state index contributed by atoms with van der Waals surface area (Å²) >= 11 is 0. The Morgan fingerprint density at radius 1 is 0.839 bits per heavy atom. The molecule has 3 aromatic rings. The summed E-state index contributed by atoms with van der Waals surface area (Å²) in [6.07, 6.45) is 7.26. The van der Waals surface area contributed by atoms with Gasteiger partial charge in [0, 0.05) is 60.8 Å². The first-order valence-electron chi connectivity index (χ1n) is 19.5. The van der Waals surface area contributed by atoms with E-state index in [-0.39, 0.29) is 52.9 Å². The SMILES string of the molecule is CS(=O)(=O)N1CC(COc2ccc(C3(c4ccc(OC5CC(Nc6ccc7c(c6)C(=O)N(C6CCC(=O)NC6=O)C7=O)C5)cc4)CCC4(CC3)COC4)cc2)C1. The fraction of sp³-hybridized carbons (Fsp3) is 0.476. The van der Waals surface area contributed by atoms with Gasteiger partial charge < -0.3 is 19.5 Å². The van der Waals surface area contributed by atoms with Gasteiger partial charge in [-0.25, -0.2) is 12.7 Å². The molecule has 13 nitrogen and oxygen atoms in total. The molecule has 2 N–H and O–H groups in total. The number of nitrogens with one attached hydrogen (secondary N) is 2. The first-order chi connectivity index (χ1) is 26.9. The Labute approximate surface area is 326 Å². The number of hydrogen-bond donors (Lipinski definition) is 2. The number of carbonyl (C=O) groups excluding carboxylic acids is 4. The zero-order valence-electron chi connectivity index (χ0n) is 31.3. The molecule has 0 radical (unpaired) electrons. The largest absolute Gasteiger partial charge is 0.493 e. The maximum absolute atomic E-state index is 13.2. The lowest BCUT2D eigenvalue weighted by atomic mass is 9.58. The van der Waals surface area contributed by atoms with Crippen molar-refractivity contribution < 1.29 is 41.8 Å². The van der Waals surface area contributed by atoms with Gasteiger partial charge in [0.15, 0.2) is 0 Å². The van der Waals surface area contributed by atoms with Crippen LogP contribution < -0.4 is 20.1 Å². The molecule has 4 aliphatic heterocycles. The van der Waals surface area contributed by atoms with Gasteiger partial charge in [-0.15, -0.1) is 0 Å². The third-order valence-corrected chi connectivity index (χ3v) is 14.1. The monoisotopic (exact) mass is 782 g/mol. The predicted octanol–water partition coefficient (Wildman–Crippen LogP) is 4.26. The van der Waals surface area contributed by atoms with E-state index in [1.807, 2.05) is 12.1 Å². The van der Waals surface area contributed by atoms with Gasteiger partial charge in [-0.05, 0) is 85.7 Å². The summed E-state index contributed by atoms with van der Waals surface area (Å²) in [7, 11) is -3.14. The van der Waals surface area contributed by atoms with E-state index in [0.717, 1.165) is 73.8 Å². The summed E-state index contributed by atoms with van der Waals surface area (Å²) in [6.45, 7) is 3.17. The van der Waals surface area contributed by atoms with Crippen LogP contribution in [0.25, 0.3) is 0 Å². The van der Waals surface area contributed by atoms with E-state index >= 15 is 0 Å². The van der Waals surface area contributed by atoms with Gasteiger partial charge in [0.05, 0.1) is 37.2 Å². The summed E-state index contributed by atoms with van der Waals surface area (Å²) in [5.41, 5.74) is 3.89. The van der Waals surface area contributed by atoms with Gasteiger partial charge >= 0.3 is 0 Å². The number of ether oxygens (including phenoxy) is 3. The van der Waals surface area contributed by atoms with Gasteiger partial charge in [-0.2, -0.15) is 0 Å². The van der Waals surface area contributed by atoms with Crippen LogP contribution in [0.15, 0.2) is 66.7 Å². The summed E-state index contributed by atoms with van der Waals surface area (Å²) in [4.78, 5) is 51.3. The molecule has 4 heterocycles. The van der Waals surface area contributed by atoms with Gasteiger partial charge in [0.1, 0.15) is 23.6 Å². The van der Waals surface area contributed by atoms with Crippen LogP contribution in [0.3, 0.4) is 0 Å². The van der Waals surface area contributed by atoms with Crippen LogP contribution >= 0.6 is 0 Å². The maximum Gasteiger partial charge on any atom is 0.262 e. The van der Waals surface area contributed by atoms with E-state index in [1.165, 1.54) is 21.7 Å². The second kappa shape index (κ2) is 14.0. The molecule has 294 valence electrons. The van der Waals surface area contributed by atoms with Crippen molar-refractivity contribution in [2.75, 3.05) is 44.5 Å². The van der Waals surface area contributed by atoms with Gasteiger partial charge in [-0.1, -0.05) is 24.3 Å². The van der Waals surface area contributed by atoms with Crippen molar-refractivity contribution in [3.05, 3.63) is 89.0 Å². The van der Waals surface area contributed by atoms with Crippen LogP contribution in [0.1, 0.15) is 83.2 Å². The normalized spacial score (nSPS) is 25.8. The Balaban J connectivity index is 0.811. The molecule has 3 aromatic carbocycles. The molecule has 2 aliphatic carbocycles. The van der Waals surface area contributed by atoms with Crippen LogP contribution in [0, 0.1) is 11.3 Å². The minimum Gasteiger partial charge on any atom is -0.493 e. The summed E-state index contributed by atoms with van der Waals surface area (Å²) in [5, 5.41) is 5.69. The number of imide groups is 2. The highest BCUT2D eigenvalue weighted by atomic mass is 32.2. The zero-order chi connectivity index (χ0) is 38.8. The van der Waals surface area contributed by atoms with Crippen molar-refractivity contribution >= 4 is 39.3 Å². The molecule has 3 saturated heterocycles. The maximum atomic E-state index is 13.2. The Morgan fingerprint density at radius 2 is 1.48 bits per heavy atom. The molecule has 1 atom stereocenters. The molecule has 56 heavy (non-hydrogen) atoms. The van der Waals surface area contributed by atoms with E-state index in [4.69, 9.17) is 14.2 Å². The first-order valence-corrected chi connectivity index (χ1v) is 21.4. The number of amides is 4. The zero-order valence-corrected chi connectivity index (χ0v) is 32.1. The molecular formula is C42H46N4O9S. The average Bonchev–Trinajstić information content (AvgIpc) is 3.37. The fourth-order valence-corrected chi connectivity index (χ4v) is 10.2. The van der Waals surface area contributed by atoms with Gasteiger partial charge in [-0.3, -0.25) is 29.4 Å². The smallest absolute Gasteiger partial charge is 0.262 e. The first kappa shape index (κ1) is 36.8. The summed E-state index contributed by atoms with van der Waals surface area (Å²) < 4.78 is 43.0. The average molecular weight is 783 g/mol. The number of hydrogen-bond acceptors (Lipinski definition) is 10. The van der Waals surface area contributed by atoms with E-state index in [1.54, 1.807) is 18.2 Å². The fourth-order valence-electron chi connectivity index (χ4n) is 9.23. The van der Waals surface area contributed by atoms with Gasteiger partial charge in [0.2, 0.25) is 21.8 Å². The number of piperidine rings is 1. The molecule has 9 rings (SSSR count). The number of sulfonamides is 1. The molecule has 1 spiro atoms. The van der Waals surface area contributed by atoms with E-state index in [9.17, 15) is 27.6 Å². The number of nitrogens with zero attached hydrogens (tertiary/aromatic N) is 2. The van der Waals surface area contributed by atoms with E-state index in [0.29, 0.717) is 19.7 Å². The molecule has 0 aromatic heterocycles. The van der Waals surface area contributed by atoms with Crippen molar-refractivity contribution in [3.8, 4) is 11.5 Å². The van der Waals surface area contributed by atoms with E-state index < -0.39 is 39.7 Å².